The number of hydrogen-bond acceptors (Lipinski definition) is 6. The lowest BCUT2D eigenvalue weighted by Gasteiger charge is -2.05. The summed E-state index contributed by atoms with van der Waals surface area (Å²) in [6.45, 7) is 1.42. The highest BCUT2D eigenvalue weighted by atomic mass is 32.1. The largest absolute Gasteiger partial charge is 0.617 e. The monoisotopic (exact) mass is 336 g/mol. The maximum absolute atomic E-state index is 12.8. The van der Waals surface area contributed by atoms with E-state index < -0.39 is 38.8 Å². The van der Waals surface area contributed by atoms with E-state index in [1.807, 2.05) is 0 Å². The molecule has 118 valence electrons. The van der Waals surface area contributed by atoms with Crippen molar-refractivity contribution in [3.63, 3.8) is 0 Å². The Bertz CT molecular complexity index is 771. The van der Waals surface area contributed by atoms with Crippen LogP contribution in [0.15, 0.2) is 12.1 Å². The van der Waals surface area contributed by atoms with Gasteiger partial charge in [-0.25, -0.2) is 4.79 Å². The molecule has 0 radical (unpaired) electrons. The molecule has 2 aromatic rings. The molecule has 0 aliphatic heterocycles. The second kappa shape index (κ2) is 5.40. The van der Waals surface area contributed by atoms with Gasteiger partial charge < -0.3 is 9.94 Å². The van der Waals surface area contributed by atoms with Crippen molar-refractivity contribution in [1.82, 2.24) is 0 Å². The van der Waals surface area contributed by atoms with Crippen LogP contribution in [0.5, 0.6) is 0 Å². The van der Waals surface area contributed by atoms with Crippen LogP contribution in [0.1, 0.15) is 22.3 Å². The first kappa shape index (κ1) is 15.9. The smallest absolute Gasteiger partial charge is 0.416 e. The molecule has 0 bridgehead atoms. The number of aromatic nitrogens is 1. The van der Waals surface area contributed by atoms with Crippen LogP contribution in [-0.4, -0.2) is 17.5 Å². The maximum Gasteiger partial charge on any atom is 0.416 e. The summed E-state index contributed by atoms with van der Waals surface area (Å²) in [5.41, 5.74) is -2.84. The number of benzene rings is 1. The number of nitro groups is 1. The highest BCUT2D eigenvalue weighted by Gasteiger charge is 2.37. The Hall–Kier alpha value is -2.43. The molecule has 0 aliphatic carbocycles. The highest BCUT2D eigenvalue weighted by molar-refractivity contribution is 7.20. The normalized spacial score (nSPS) is 11.6. The van der Waals surface area contributed by atoms with Gasteiger partial charge in [-0.05, 0) is 18.3 Å². The fraction of sp³-hybridized carbons (Fsp3) is 0.273. The first-order valence-corrected chi connectivity index (χ1v) is 6.57. The van der Waals surface area contributed by atoms with Gasteiger partial charge in [-0.3, -0.25) is 10.1 Å². The molecular weight excluding hydrogens is 329 g/mol. The Morgan fingerprint density at radius 1 is 1.45 bits per heavy atom. The zero-order valence-corrected chi connectivity index (χ0v) is 11.7. The minimum Gasteiger partial charge on any atom is -0.617 e. The average Bonchev–Trinajstić information content (AvgIpc) is 2.74. The van der Waals surface area contributed by atoms with Crippen molar-refractivity contribution >= 4 is 33.2 Å². The molecule has 11 heteroatoms. The van der Waals surface area contributed by atoms with Gasteiger partial charge in [-0.15, -0.1) is 4.73 Å². The Balaban J connectivity index is 2.78. The molecule has 22 heavy (non-hydrogen) atoms. The third-order valence-corrected chi connectivity index (χ3v) is 3.77. The predicted octanol–water partition coefficient (Wildman–Crippen LogP) is 2.64. The lowest BCUT2D eigenvalue weighted by Crippen LogP contribution is -2.32. The third-order valence-electron chi connectivity index (χ3n) is 2.63. The van der Waals surface area contributed by atoms with Crippen LogP contribution in [0.25, 0.3) is 10.2 Å². The standard InChI is InChI=1S/C11H7F3N2O5S/c1-2-21-10(17)9-15(18)6-3-5(11(12,13)14)4-7(16(19)20)8(6)22-9/h3-4H,2H2,1H3. The number of ether oxygens (including phenoxy) is 1. The molecule has 0 fully saturated rings. The van der Waals surface area contributed by atoms with Gasteiger partial charge in [0.1, 0.15) is 0 Å². The zero-order valence-electron chi connectivity index (χ0n) is 10.8. The molecular formula is C11H7F3N2O5S. The minimum absolute atomic E-state index is 0.0526. The maximum atomic E-state index is 12.8. The van der Waals surface area contributed by atoms with E-state index in [1.165, 1.54) is 6.92 Å². The highest BCUT2D eigenvalue weighted by Crippen LogP contribution is 2.37. The molecule has 0 aliphatic rings. The zero-order chi connectivity index (χ0) is 16.7. The molecule has 0 unspecified atom stereocenters. The summed E-state index contributed by atoms with van der Waals surface area (Å²) < 4.78 is 42.5. The van der Waals surface area contributed by atoms with Gasteiger partial charge >= 0.3 is 17.2 Å². The number of fused-ring (bicyclic) bond motifs is 1. The first-order chi connectivity index (χ1) is 10.2. The van der Waals surface area contributed by atoms with E-state index in [4.69, 9.17) is 0 Å². The van der Waals surface area contributed by atoms with Crippen LogP contribution in [0.3, 0.4) is 0 Å². The van der Waals surface area contributed by atoms with Crippen molar-refractivity contribution in [2.75, 3.05) is 6.61 Å². The van der Waals surface area contributed by atoms with Crippen molar-refractivity contribution in [1.29, 1.82) is 0 Å². The summed E-state index contributed by atoms with van der Waals surface area (Å²) >= 11 is 0.413. The number of alkyl halides is 3. The fourth-order valence-corrected chi connectivity index (χ4v) is 2.72. The van der Waals surface area contributed by atoms with E-state index in [-0.39, 0.29) is 16.0 Å². The van der Waals surface area contributed by atoms with Crippen molar-refractivity contribution in [3.8, 4) is 0 Å². The molecule has 2 rings (SSSR count). The second-order valence-electron chi connectivity index (χ2n) is 4.02. The molecule has 1 aromatic carbocycles. The van der Waals surface area contributed by atoms with Gasteiger partial charge in [0.15, 0.2) is 4.70 Å². The number of hydrogen-bond donors (Lipinski definition) is 0. The number of non-ortho nitro benzene ring substituents is 1. The topological polar surface area (TPSA) is 96.4 Å². The lowest BCUT2D eigenvalue weighted by molar-refractivity contribution is -0.575. The molecule has 0 amide bonds. The molecule has 1 heterocycles. The van der Waals surface area contributed by atoms with E-state index in [0.29, 0.717) is 23.5 Å². The fourth-order valence-electron chi connectivity index (χ4n) is 1.72. The molecule has 1 aromatic heterocycles. The van der Waals surface area contributed by atoms with Crippen LogP contribution < -0.4 is 4.73 Å². The first-order valence-electron chi connectivity index (χ1n) is 5.75. The van der Waals surface area contributed by atoms with Gasteiger partial charge in [0.25, 0.3) is 5.69 Å². The number of nitrogens with zero attached hydrogens (tertiary/aromatic N) is 2. The molecule has 0 N–H and O–H groups in total. The molecule has 0 saturated heterocycles. The summed E-state index contributed by atoms with van der Waals surface area (Å²) in [6, 6.07) is 0.794. The van der Waals surface area contributed by atoms with Crippen molar-refractivity contribution < 1.29 is 32.4 Å². The van der Waals surface area contributed by atoms with Crippen molar-refractivity contribution in [3.05, 3.63) is 38.0 Å². The number of esters is 1. The lowest BCUT2D eigenvalue weighted by atomic mass is 10.2. The molecule has 0 saturated carbocycles. The van der Waals surface area contributed by atoms with E-state index in [9.17, 15) is 33.3 Å². The van der Waals surface area contributed by atoms with E-state index in [0.717, 1.165) is 0 Å². The van der Waals surface area contributed by atoms with Gasteiger partial charge in [-0.1, -0.05) is 0 Å². The van der Waals surface area contributed by atoms with Crippen LogP contribution >= 0.6 is 11.3 Å². The number of halogens is 3. The summed E-state index contributed by atoms with van der Waals surface area (Å²) in [6.07, 6.45) is -4.86. The number of carbonyl (C=O) groups excluding carboxylic acids is 1. The molecule has 0 spiro atoms. The summed E-state index contributed by atoms with van der Waals surface area (Å²) in [5, 5.41) is 22.3. The summed E-state index contributed by atoms with van der Waals surface area (Å²) in [5.74, 6) is -1.05. The number of carbonyl (C=O) groups is 1. The van der Waals surface area contributed by atoms with Crippen molar-refractivity contribution in [2.24, 2.45) is 0 Å². The Morgan fingerprint density at radius 3 is 2.59 bits per heavy atom. The minimum atomic E-state index is -4.86. The third kappa shape index (κ3) is 2.66. The number of rotatable bonds is 3. The van der Waals surface area contributed by atoms with E-state index >= 15 is 0 Å². The SMILES string of the molecule is CCOC(=O)c1sc2c([N+](=O)[O-])cc(C(F)(F)F)cc2[n+]1[O-]. The van der Waals surface area contributed by atoms with Gasteiger partial charge in [0.05, 0.1) is 17.1 Å². The van der Waals surface area contributed by atoms with Crippen LogP contribution in [-0.2, 0) is 10.9 Å². The number of nitro benzene ring substituents is 1. The van der Waals surface area contributed by atoms with E-state index in [2.05, 4.69) is 4.74 Å². The Morgan fingerprint density at radius 2 is 2.09 bits per heavy atom. The van der Waals surface area contributed by atoms with Gasteiger partial charge in [0, 0.05) is 12.1 Å². The number of thiazole rings is 1. The van der Waals surface area contributed by atoms with Crippen molar-refractivity contribution in [2.45, 2.75) is 13.1 Å². The predicted molar refractivity (Wildman–Crippen MR) is 68.4 cm³/mol. The average molecular weight is 336 g/mol. The van der Waals surface area contributed by atoms with Crippen LogP contribution in [0.2, 0.25) is 0 Å². The molecule has 0 atom stereocenters. The van der Waals surface area contributed by atoms with Gasteiger partial charge in [-0.2, -0.15) is 13.2 Å². The van der Waals surface area contributed by atoms with E-state index in [1.54, 1.807) is 0 Å². The van der Waals surface area contributed by atoms with Crippen LogP contribution in [0.4, 0.5) is 18.9 Å². The van der Waals surface area contributed by atoms with Gasteiger partial charge in [0.2, 0.25) is 5.52 Å². The summed E-state index contributed by atoms with van der Waals surface area (Å²) in [7, 11) is 0. The van der Waals surface area contributed by atoms with Crippen LogP contribution in [0, 0.1) is 15.3 Å². The second-order valence-corrected chi connectivity index (χ2v) is 5.02. The Kier molecular flexibility index (Phi) is 3.92. The summed E-state index contributed by atoms with van der Waals surface area (Å²) in [4.78, 5) is 21.5. The Labute approximate surface area is 124 Å². The quantitative estimate of drug-likeness (QED) is 0.282. The molecule has 7 nitrogen and oxygen atoms in total.